The largest absolute Gasteiger partial charge is 0.456 e. The Morgan fingerprint density at radius 2 is 1.74 bits per heavy atom. The molecule has 0 N–H and O–H groups in total. The van der Waals surface area contributed by atoms with Gasteiger partial charge in [-0.15, -0.1) is 0 Å². The molecule has 7 heteroatoms. The maximum atomic E-state index is 11.9. The van der Waals surface area contributed by atoms with E-state index >= 15 is 0 Å². The van der Waals surface area contributed by atoms with Crippen LogP contribution in [0.2, 0.25) is 0 Å². The zero-order valence-electron chi connectivity index (χ0n) is 13.3. The van der Waals surface area contributed by atoms with Gasteiger partial charge in [0, 0.05) is 14.2 Å². The maximum Gasteiger partial charge on any atom is 0.322 e. The van der Waals surface area contributed by atoms with E-state index < -0.39 is 43.0 Å². The van der Waals surface area contributed by atoms with Crippen molar-refractivity contribution in [2.45, 2.75) is 37.9 Å². The lowest BCUT2D eigenvalue weighted by atomic mass is 10.1. The Bertz CT molecular complexity index is 530. The van der Waals surface area contributed by atoms with Gasteiger partial charge >= 0.3 is 11.9 Å². The highest BCUT2D eigenvalue weighted by Gasteiger charge is 2.45. The fourth-order valence-electron chi connectivity index (χ4n) is 2.35. The summed E-state index contributed by atoms with van der Waals surface area (Å²) in [6.45, 7) is 1.74. The number of rotatable bonds is 6. The predicted molar refractivity (Wildman–Crippen MR) is 78.7 cm³/mol. The molecule has 0 saturated carbocycles. The molecule has 4 atom stereocenters. The summed E-state index contributed by atoms with van der Waals surface area (Å²) in [5.74, 6) is -1.02. The van der Waals surface area contributed by atoms with E-state index in [-0.39, 0.29) is 0 Å². The van der Waals surface area contributed by atoms with E-state index in [9.17, 15) is 9.59 Å². The van der Waals surface area contributed by atoms with Crippen LogP contribution in [0.25, 0.3) is 0 Å². The molecule has 1 aliphatic heterocycles. The molecule has 2 rings (SSSR count). The van der Waals surface area contributed by atoms with Gasteiger partial charge in [-0.2, -0.15) is 0 Å². The molecule has 7 nitrogen and oxygen atoms in total. The van der Waals surface area contributed by atoms with E-state index in [1.807, 2.05) is 0 Å². The van der Waals surface area contributed by atoms with Crippen molar-refractivity contribution < 1.29 is 33.3 Å². The molecule has 1 aliphatic rings. The van der Waals surface area contributed by atoms with Gasteiger partial charge in [0.25, 0.3) is 0 Å². The van der Waals surface area contributed by atoms with Crippen LogP contribution in [0.15, 0.2) is 30.3 Å². The second-order valence-electron chi connectivity index (χ2n) is 5.06. The summed E-state index contributed by atoms with van der Waals surface area (Å²) < 4.78 is 26.2. The molecular weight excluding hydrogens is 304 g/mol. The Morgan fingerprint density at radius 3 is 2.35 bits per heavy atom. The van der Waals surface area contributed by atoms with Crippen LogP contribution >= 0.6 is 0 Å². The van der Waals surface area contributed by atoms with E-state index in [1.54, 1.807) is 37.3 Å². The minimum atomic E-state index is -0.704. The van der Waals surface area contributed by atoms with Crippen molar-refractivity contribution in [3.8, 4) is 5.75 Å². The summed E-state index contributed by atoms with van der Waals surface area (Å²) in [4.78, 5) is 23.7. The van der Waals surface area contributed by atoms with Gasteiger partial charge < -0.3 is 23.7 Å². The summed E-state index contributed by atoms with van der Waals surface area (Å²) in [6, 6.07) is 8.50. The average Bonchev–Trinajstić information content (AvgIpc) is 2.83. The lowest BCUT2D eigenvalue weighted by Gasteiger charge is -2.21. The number of hydrogen-bond donors (Lipinski definition) is 0. The first-order chi connectivity index (χ1) is 11.0. The number of carbonyl (C=O) groups is 2. The summed E-state index contributed by atoms with van der Waals surface area (Å²) in [6.07, 6.45) is -2.72. The second kappa shape index (κ2) is 8.05. The Balaban J connectivity index is 1.87. The number of benzene rings is 1. The molecule has 1 aromatic rings. The Labute approximate surface area is 134 Å². The van der Waals surface area contributed by atoms with Crippen LogP contribution in [0.4, 0.5) is 0 Å². The predicted octanol–water partition coefficient (Wildman–Crippen LogP) is 1.30. The van der Waals surface area contributed by atoms with Crippen LogP contribution in [0.5, 0.6) is 5.75 Å². The zero-order chi connectivity index (χ0) is 16.8. The number of para-hydroxylation sites is 1. The van der Waals surface area contributed by atoms with Gasteiger partial charge in [-0.1, -0.05) is 18.2 Å². The molecule has 0 radical (unpaired) electrons. The topological polar surface area (TPSA) is 80.3 Å². The summed E-state index contributed by atoms with van der Waals surface area (Å²) >= 11 is 0. The third-order valence-corrected chi connectivity index (χ3v) is 3.44. The maximum absolute atomic E-state index is 11.9. The number of carbonyl (C=O) groups excluding carboxylic acids is 2. The molecule has 0 aliphatic carbocycles. The molecule has 1 fully saturated rings. The minimum absolute atomic E-state index is 0.372. The summed E-state index contributed by atoms with van der Waals surface area (Å²) in [5, 5.41) is 0. The van der Waals surface area contributed by atoms with Crippen LogP contribution in [-0.2, 0) is 28.5 Å². The third kappa shape index (κ3) is 4.51. The van der Waals surface area contributed by atoms with E-state index in [0.717, 1.165) is 0 Å². The SMILES string of the molecule is COC1[C@@H](OC)O[C@@H](C)[C@H]1OC(=O)CC(=O)Oc1ccccc1. The molecular formula is C16H20O7. The quantitative estimate of drug-likeness (QED) is 0.443. The Hall–Kier alpha value is -1.96. The Kier molecular flexibility index (Phi) is 6.09. The van der Waals surface area contributed by atoms with Crippen molar-refractivity contribution in [2.24, 2.45) is 0 Å². The van der Waals surface area contributed by atoms with Crippen molar-refractivity contribution in [1.29, 1.82) is 0 Å². The van der Waals surface area contributed by atoms with Gasteiger partial charge in [0.05, 0.1) is 6.10 Å². The van der Waals surface area contributed by atoms with Crippen LogP contribution in [-0.4, -0.2) is 50.8 Å². The normalized spacial score (nSPS) is 26.7. The van der Waals surface area contributed by atoms with E-state index in [2.05, 4.69) is 0 Å². The van der Waals surface area contributed by atoms with E-state index in [4.69, 9.17) is 23.7 Å². The molecule has 126 valence electrons. The molecule has 1 saturated heterocycles. The second-order valence-corrected chi connectivity index (χ2v) is 5.06. The van der Waals surface area contributed by atoms with Crippen molar-refractivity contribution in [2.75, 3.05) is 14.2 Å². The first-order valence-electron chi connectivity index (χ1n) is 7.21. The smallest absolute Gasteiger partial charge is 0.322 e. The summed E-state index contributed by atoms with van der Waals surface area (Å²) in [7, 11) is 2.95. The number of methoxy groups -OCH3 is 2. The van der Waals surface area contributed by atoms with Crippen molar-refractivity contribution >= 4 is 11.9 Å². The lowest BCUT2D eigenvalue weighted by Crippen LogP contribution is -2.38. The van der Waals surface area contributed by atoms with Crippen LogP contribution < -0.4 is 4.74 Å². The first-order valence-corrected chi connectivity index (χ1v) is 7.21. The van der Waals surface area contributed by atoms with Crippen LogP contribution in [0, 0.1) is 0 Å². The number of esters is 2. The Morgan fingerprint density at radius 1 is 1.04 bits per heavy atom. The average molecular weight is 324 g/mol. The number of ether oxygens (including phenoxy) is 5. The minimum Gasteiger partial charge on any atom is -0.456 e. The molecule has 0 amide bonds. The highest BCUT2D eigenvalue weighted by atomic mass is 16.7. The molecule has 0 bridgehead atoms. The van der Waals surface area contributed by atoms with Gasteiger partial charge in [-0.25, -0.2) is 0 Å². The summed E-state index contributed by atoms with van der Waals surface area (Å²) in [5.41, 5.74) is 0. The van der Waals surface area contributed by atoms with Crippen molar-refractivity contribution in [3.05, 3.63) is 30.3 Å². The van der Waals surface area contributed by atoms with E-state index in [0.29, 0.717) is 5.75 Å². The fourth-order valence-corrected chi connectivity index (χ4v) is 2.35. The van der Waals surface area contributed by atoms with Gasteiger partial charge in [-0.3, -0.25) is 9.59 Å². The van der Waals surface area contributed by atoms with Gasteiger partial charge in [0.2, 0.25) is 0 Å². The lowest BCUT2D eigenvalue weighted by molar-refractivity contribution is -0.163. The van der Waals surface area contributed by atoms with Gasteiger partial charge in [0.15, 0.2) is 12.4 Å². The fraction of sp³-hybridized carbons (Fsp3) is 0.500. The highest BCUT2D eigenvalue weighted by molar-refractivity contribution is 5.92. The molecule has 1 heterocycles. The standard InChI is InChI=1S/C16H20O7/c1-10-14(15(19-2)16(20-3)21-10)23-13(18)9-12(17)22-11-7-5-4-6-8-11/h4-8,10,14-16H,9H2,1-3H3/t10-,14+,15?,16-/m0/s1. The van der Waals surface area contributed by atoms with E-state index in [1.165, 1.54) is 14.2 Å². The van der Waals surface area contributed by atoms with Gasteiger partial charge in [-0.05, 0) is 19.1 Å². The third-order valence-electron chi connectivity index (χ3n) is 3.44. The molecule has 1 aromatic carbocycles. The van der Waals surface area contributed by atoms with Gasteiger partial charge in [0.1, 0.15) is 18.3 Å². The molecule has 1 unspecified atom stereocenters. The monoisotopic (exact) mass is 324 g/mol. The first kappa shape index (κ1) is 17.4. The molecule has 0 aromatic heterocycles. The van der Waals surface area contributed by atoms with Crippen LogP contribution in [0.3, 0.4) is 0 Å². The highest BCUT2D eigenvalue weighted by Crippen LogP contribution is 2.26. The van der Waals surface area contributed by atoms with Crippen molar-refractivity contribution in [3.63, 3.8) is 0 Å². The zero-order valence-corrected chi connectivity index (χ0v) is 13.3. The van der Waals surface area contributed by atoms with Crippen molar-refractivity contribution in [1.82, 2.24) is 0 Å². The molecule has 0 spiro atoms. The molecule has 23 heavy (non-hydrogen) atoms. The van der Waals surface area contributed by atoms with Crippen LogP contribution in [0.1, 0.15) is 13.3 Å². The number of hydrogen-bond acceptors (Lipinski definition) is 7.